The van der Waals surface area contributed by atoms with Crippen LogP contribution in [0, 0.1) is 10.8 Å². The third-order valence-electron chi connectivity index (χ3n) is 4.34. The van der Waals surface area contributed by atoms with Crippen LogP contribution in [0.5, 0.6) is 0 Å². The highest BCUT2D eigenvalue weighted by Gasteiger charge is 2.39. The molecule has 2 N–H and O–H groups in total. The average Bonchev–Trinajstić information content (AvgIpc) is 2.25. The lowest BCUT2D eigenvalue weighted by Gasteiger charge is -2.45. The van der Waals surface area contributed by atoms with E-state index in [1.807, 2.05) is 0 Å². The minimum Gasteiger partial charge on any atom is -0.375 e. The Morgan fingerprint density at radius 1 is 1.24 bits per heavy atom. The van der Waals surface area contributed by atoms with Crippen LogP contribution in [-0.2, 0) is 9.53 Å². The Balaban J connectivity index is 0.00000220. The summed E-state index contributed by atoms with van der Waals surface area (Å²) < 4.78 is 5.60. The first kappa shape index (κ1) is 18.7. The molecule has 0 spiro atoms. The molecule has 1 aliphatic heterocycles. The molecule has 0 aromatic rings. The van der Waals surface area contributed by atoms with Gasteiger partial charge in [-0.3, -0.25) is 4.79 Å². The molecule has 2 fully saturated rings. The predicted molar refractivity (Wildman–Crippen MR) is 87.8 cm³/mol. The first-order valence-electron chi connectivity index (χ1n) is 7.88. The van der Waals surface area contributed by atoms with E-state index in [1.165, 1.54) is 6.42 Å². The third-order valence-corrected chi connectivity index (χ3v) is 4.34. The van der Waals surface area contributed by atoms with Gasteiger partial charge in [0, 0.05) is 19.1 Å². The third kappa shape index (κ3) is 6.13. The maximum atomic E-state index is 12.2. The van der Waals surface area contributed by atoms with E-state index >= 15 is 0 Å². The summed E-state index contributed by atoms with van der Waals surface area (Å²) in [5, 5.41) is 6.50. The van der Waals surface area contributed by atoms with E-state index in [0.29, 0.717) is 29.9 Å². The monoisotopic (exact) mass is 318 g/mol. The summed E-state index contributed by atoms with van der Waals surface area (Å²) in [6.45, 7) is 11.6. The first-order chi connectivity index (χ1) is 9.26. The van der Waals surface area contributed by atoms with Gasteiger partial charge < -0.3 is 15.4 Å². The topological polar surface area (TPSA) is 50.4 Å². The van der Waals surface area contributed by atoms with Crippen LogP contribution in [0.1, 0.15) is 53.4 Å². The zero-order valence-electron chi connectivity index (χ0n) is 13.8. The van der Waals surface area contributed by atoms with Crippen molar-refractivity contribution in [3.05, 3.63) is 0 Å². The number of morpholine rings is 1. The average molecular weight is 319 g/mol. The molecule has 0 radical (unpaired) electrons. The van der Waals surface area contributed by atoms with Crippen LogP contribution in [0.15, 0.2) is 0 Å². The van der Waals surface area contributed by atoms with Crippen molar-refractivity contribution in [2.45, 2.75) is 65.5 Å². The highest BCUT2D eigenvalue weighted by molar-refractivity contribution is 5.85. The van der Waals surface area contributed by atoms with Crippen molar-refractivity contribution in [2.75, 3.05) is 19.7 Å². The van der Waals surface area contributed by atoms with Gasteiger partial charge >= 0.3 is 0 Å². The quantitative estimate of drug-likeness (QED) is 0.840. The van der Waals surface area contributed by atoms with Crippen molar-refractivity contribution in [1.29, 1.82) is 0 Å². The molecule has 2 rings (SSSR count). The highest BCUT2D eigenvalue weighted by atomic mass is 35.5. The Hall–Kier alpha value is -0.320. The molecular formula is C16H31ClN2O2. The van der Waals surface area contributed by atoms with E-state index < -0.39 is 0 Å². The first-order valence-corrected chi connectivity index (χ1v) is 7.88. The Bertz CT molecular complexity index is 336. The molecule has 0 aromatic carbocycles. The summed E-state index contributed by atoms with van der Waals surface area (Å²) in [4.78, 5) is 12.2. The van der Waals surface area contributed by atoms with Gasteiger partial charge in [-0.15, -0.1) is 12.4 Å². The van der Waals surface area contributed by atoms with Gasteiger partial charge in [0.25, 0.3) is 0 Å². The van der Waals surface area contributed by atoms with Gasteiger partial charge in [-0.1, -0.05) is 27.7 Å². The number of hydrogen-bond acceptors (Lipinski definition) is 3. The minimum absolute atomic E-state index is 0. The van der Waals surface area contributed by atoms with Gasteiger partial charge in [0.2, 0.25) is 5.91 Å². The smallest absolute Gasteiger partial charge is 0.222 e. The second kappa shape index (κ2) is 7.30. The fourth-order valence-corrected chi connectivity index (χ4v) is 4.19. The van der Waals surface area contributed by atoms with E-state index in [9.17, 15) is 4.79 Å². The summed E-state index contributed by atoms with van der Waals surface area (Å²) in [5.41, 5.74) is 0.616. The molecule has 21 heavy (non-hydrogen) atoms. The van der Waals surface area contributed by atoms with Crippen molar-refractivity contribution >= 4 is 18.3 Å². The summed E-state index contributed by atoms with van der Waals surface area (Å²) in [7, 11) is 0. The molecule has 2 aliphatic rings. The van der Waals surface area contributed by atoms with Crippen LogP contribution in [0.3, 0.4) is 0 Å². The van der Waals surface area contributed by atoms with Crippen LogP contribution in [-0.4, -0.2) is 37.7 Å². The van der Waals surface area contributed by atoms with E-state index in [1.54, 1.807) is 0 Å². The number of carbonyl (C=O) groups is 1. The number of rotatable bonds is 3. The maximum Gasteiger partial charge on any atom is 0.222 e. The normalized spacial score (nSPS) is 28.5. The Morgan fingerprint density at radius 3 is 2.38 bits per heavy atom. The van der Waals surface area contributed by atoms with E-state index in [0.717, 1.165) is 25.9 Å². The Labute approximate surface area is 135 Å². The van der Waals surface area contributed by atoms with Crippen LogP contribution >= 0.6 is 12.4 Å². The summed E-state index contributed by atoms with van der Waals surface area (Å²) in [5.74, 6) is 0.136. The Kier molecular flexibility index (Phi) is 6.51. The molecule has 0 aromatic heterocycles. The highest BCUT2D eigenvalue weighted by Crippen LogP contribution is 2.45. The molecule has 5 heteroatoms. The SMILES string of the molecule is CC1(C)CC(NC(=O)CC2CNCCO2)CC(C)(C)C1.Cl. The summed E-state index contributed by atoms with van der Waals surface area (Å²) in [6, 6.07) is 0.304. The van der Waals surface area contributed by atoms with Crippen LogP contribution in [0.2, 0.25) is 0 Å². The van der Waals surface area contributed by atoms with Crippen molar-refractivity contribution in [3.8, 4) is 0 Å². The van der Waals surface area contributed by atoms with Crippen LogP contribution in [0.4, 0.5) is 0 Å². The zero-order chi connectivity index (χ0) is 14.8. The van der Waals surface area contributed by atoms with Crippen molar-refractivity contribution in [2.24, 2.45) is 10.8 Å². The van der Waals surface area contributed by atoms with Crippen molar-refractivity contribution in [3.63, 3.8) is 0 Å². The molecule has 1 saturated heterocycles. The minimum atomic E-state index is 0. The number of hydrogen-bond donors (Lipinski definition) is 2. The number of nitrogens with one attached hydrogen (secondary N) is 2. The van der Waals surface area contributed by atoms with Gasteiger partial charge in [0.05, 0.1) is 19.1 Å². The van der Waals surface area contributed by atoms with Gasteiger partial charge in [0.1, 0.15) is 0 Å². The van der Waals surface area contributed by atoms with Gasteiger partial charge in [-0.05, 0) is 30.1 Å². The molecule has 4 nitrogen and oxygen atoms in total. The van der Waals surface area contributed by atoms with Gasteiger partial charge in [-0.25, -0.2) is 0 Å². The van der Waals surface area contributed by atoms with E-state index in [2.05, 4.69) is 38.3 Å². The molecule has 1 amide bonds. The lowest BCUT2D eigenvalue weighted by Crippen LogP contribution is -2.48. The molecule has 1 atom stereocenters. The van der Waals surface area contributed by atoms with Gasteiger partial charge in [0.15, 0.2) is 0 Å². The summed E-state index contributed by atoms with van der Waals surface area (Å²) >= 11 is 0. The molecule has 1 aliphatic carbocycles. The predicted octanol–water partition coefficient (Wildman–Crippen LogP) is 2.51. The fraction of sp³-hybridized carbons (Fsp3) is 0.938. The number of carbonyl (C=O) groups excluding carboxylic acids is 1. The van der Waals surface area contributed by atoms with Crippen molar-refractivity contribution in [1.82, 2.24) is 10.6 Å². The van der Waals surface area contributed by atoms with E-state index in [-0.39, 0.29) is 24.4 Å². The van der Waals surface area contributed by atoms with Crippen LogP contribution in [0.25, 0.3) is 0 Å². The second-order valence-corrected chi connectivity index (χ2v) is 8.08. The fourth-order valence-electron chi connectivity index (χ4n) is 4.19. The van der Waals surface area contributed by atoms with E-state index in [4.69, 9.17) is 4.74 Å². The van der Waals surface area contributed by atoms with Crippen LogP contribution < -0.4 is 10.6 Å². The molecule has 1 heterocycles. The summed E-state index contributed by atoms with van der Waals surface area (Å²) in [6.07, 6.45) is 3.89. The number of amides is 1. The molecule has 1 unspecified atom stereocenters. The lowest BCUT2D eigenvalue weighted by atomic mass is 9.63. The zero-order valence-corrected chi connectivity index (χ0v) is 14.6. The number of ether oxygens (including phenoxy) is 1. The van der Waals surface area contributed by atoms with Crippen molar-refractivity contribution < 1.29 is 9.53 Å². The molecular weight excluding hydrogens is 288 g/mol. The maximum absolute atomic E-state index is 12.2. The molecule has 0 bridgehead atoms. The second-order valence-electron chi connectivity index (χ2n) is 8.08. The Morgan fingerprint density at radius 2 is 1.86 bits per heavy atom. The van der Waals surface area contributed by atoms with Gasteiger partial charge in [-0.2, -0.15) is 0 Å². The molecule has 1 saturated carbocycles. The standard InChI is InChI=1S/C16H30N2O2.ClH/c1-15(2)8-12(9-16(3,4)11-15)18-14(19)7-13-10-17-5-6-20-13;/h12-13,17H,5-11H2,1-4H3,(H,18,19);1H. The lowest BCUT2D eigenvalue weighted by molar-refractivity contribution is -0.126. The molecule has 124 valence electrons. The number of halogens is 1. The largest absolute Gasteiger partial charge is 0.375 e.